The molecule has 0 radical (unpaired) electrons. The Morgan fingerprint density at radius 3 is 2.58 bits per heavy atom. The molecule has 0 aliphatic heterocycles. The molecular formula is C25H22ClFN2O2. The van der Waals surface area contributed by atoms with Crippen LogP contribution in [-0.2, 0) is 13.1 Å². The van der Waals surface area contributed by atoms with Crippen LogP contribution in [0.3, 0.4) is 0 Å². The number of hydrogen-bond donors (Lipinski definition) is 1. The predicted octanol–water partition coefficient (Wildman–Crippen LogP) is 5.81. The molecule has 0 saturated heterocycles. The van der Waals surface area contributed by atoms with Crippen molar-refractivity contribution in [2.24, 2.45) is 0 Å². The van der Waals surface area contributed by atoms with E-state index in [1.807, 2.05) is 60.0 Å². The van der Waals surface area contributed by atoms with Gasteiger partial charge in [0.2, 0.25) is 0 Å². The molecule has 0 unspecified atom stereocenters. The molecule has 1 aromatic heterocycles. The number of nitrogens with zero attached hydrogens (tertiary/aromatic N) is 1. The van der Waals surface area contributed by atoms with Gasteiger partial charge in [0.05, 0.1) is 12.1 Å². The van der Waals surface area contributed by atoms with Crippen LogP contribution >= 0.6 is 11.6 Å². The van der Waals surface area contributed by atoms with Crippen molar-refractivity contribution in [1.82, 2.24) is 9.88 Å². The van der Waals surface area contributed by atoms with Gasteiger partial charge in [-0.2, -0.15) is 0 Å². The van der Waals surface area contributed by atoms with Gasteiger partial charge in [-0.3, -0.25) is 4.79 Å². The van der Waals surface area contributed by atoms with Crippen LogP contribution in [0, 0.1) is 5.82 Å². The smallest absolute Gasteiger partial charge is 0.268 e. The molecule has 0 saturated carbocycles. The molecule has 6 heteroatoms. The summed E-state index contributed by atoms with van der Waals surface area (Å²) in [4.78, 5) is 13.1. The number of amides is 1. The molecule has 0 bridgehead atoms. The molecule has 31 heavy (non-hydrogen) atoms. The van der Waals surface area contributed by atoms with Crippen molar-refractivity contribution in [3.05, 3.63) is 100 Å². The van der Waals surface area contributed by atoms with Crippen molar-refractivity contribution in [2.45, 2.75) is 20.0 Å². The Morgan fingerprint density at radius 2 is 1.84 bits per heavy atom. The number of aromatic nitrogens is 1. The van der Waals surface area contributed by atoms with Crippen molar-refractivity contribution in [1.29, 1.82) is 0 Å². The van der Waals surface area contributed by atoms with Crippen molar-refractivity contribution >= 4 is 28.4 Å². The van der Waals surface area contributed by atoms with Crippen LogP contribution in [0.25, 0.3) is 10.9 Å². The van der Waals surface area contributed by atoms with Gasteiger partial charge in [-0.15, -0.1) is 0 Å². The average molecular weight is 437 g/mol. The Balaban J connectivity index is 1.71. The Kier molecular flexibility index (Phi) is 6.23. The third kappa shape index (κ3) is 4.57. The van der Waals surface area contributed by atoms with Crippen molar-refractivity contribution in [2.75, 3.05) is 6.61 Å². The summed E-state index contributed by atoms with van der Waals surface area (Å²) in [5.74, 6) is 0.193. The molecule has 0 aliphatic rings. The average Bonchev–Trinajstić information content (AvgIpc) is 3.14. The first-order chi connectivity index (χ1) is 15.1. The van der Waals surface area contributed by atoms with Gasteiger partial charge < -0.3 is 14.6 Å². The number of hydrogen-bond acceptors (Lipinski definition) is 2. The molecule has 4 rings (SSSR count). The largest absolute Gasteiger partial charge is 0.493 e. The topological polar surface area (TPSA) is 43.3 Å². The molecular weight excluding hydrogens is 415 g/mol. The lowest BCUT2D eigenvalue weighted by Gasteiger charge is -2.13. The number of carbonyl (C=O) groups is 1. The summed E-state index contributed by atoms with van der Waals surface area (Å²) in [5, 5.41) is 4.44. The summed E-state index contributed by atoms with van der Waals surface area (Å²) in [6.45, 7) is 3.19. The molecule has 158 valence electrons. The summed E-state index contributed by atoms with van der Waals surface area (Å²) in [6, 6.07) is 21.3. The van der Waals surface area contributed by atoms with E-state index in [-0.39, 0.29) is 11.7 Å². The monoisotopic (exact) mass is 436 g/mol. The standard InChI is InChI=1S/C25H22ClFN2O2/c1-2-31-24-9-5-8-22-20(24)14-23(29(22)16-18-6-3-4-7-21(18)26)25(30)28-15-17-10-12-19(27)13-11-17/h3-14H,2,15-16H2,1H3,(H,28,30). The summed E-state index contributed by atoms with van der Waals surface area (Å²) in [7, 11) is 0. The summed E-state index contributed by atoms with van der Waals surface area (Å²) >= 11 is 6.39. The maximum absolute atomic E-state index is 13.1. The maximum atomic E-state index is 13.1. The van der Waals surface area contributed by atoms with Gasteiger partial charge in [0.15, 0.2) is 0 Å². The van der Waals surface area contributed by atoms with Crippen LogP contribution in [0.4, 0.5) is 4.39 Å². The number of halogens is 2. The third-order valence-electron chi connectivity index (χ3n) is 5.09. The van der Waals surface area contributed by atoms with E-state index in [1.54, 1.807) is 12.1 Å². The summed E-state index contributed by atoms with van der Waals surface area (Å²) in [6.07, 6.45) is 0. The second-order valence-electron chi connectivity index (χ2n) is 7.14. The molecule has 3 aromatic carbocycles. The molecule has 4 aromatic rings. The molecule has 0 aliphatic carbocycles. The highest BCUT2D eigenvalue weighted by molar-refractivity contribution is 6.31. The highest BCUT2D eigenvalue weighted by Crippen LogP contribution is 2.30. The fourth-order valence-electron chi connectivity index (χ4n) is 3.57. The van der Waals surface area contributed by atoms with Crippen LogP contribution < -0.4 is 10.1 Å². The van der Waals surface area contributed by atoms with E-state index in [0.717, 1.165) is 27.8 Å². The van der Waals surface area contributed by atoms with Crippen molar-refractivity contribution < 1.29 is 13.9 Å². The second kappa shape index (κ2) is 9.23. The van der Waals surface area contributed by atoms with Gasteiger partial charge in [-0.05, 0) is 54.4 Å². The quantitative estimate of drug-likeness (QED) is 0.397. The zero-order valence-electron chi connectivity index (χ0n) is 17.1. The molecule has 4 nitrogen and oxygen atoms in total. The Hall–Kier alpha value is -3.31. The van der Waals surface area contributed by atoms with E-state index in [1.165, 1.54) is 12.1 Å². The number of ether oxygens (including phenoxy) is 1. The highest BCUT2D eigenvalue weighted by atomic mass is 35.5. The van der Waals surface area contributed by atoms with Gasteiger partial charge in [0.25, 0.3) is 5.91 Å². The lowest BCUT2D eigenvalue weighted by molar-refractivity contribution is 0.0942. The van der Waals surface area contributed by atoms with Crippen LogP contribution in [0.1, 0.15) is 28.5 Å². The molecule has 0 atom stereocenters. The van der Waals surface area contributed by atoms with Crippen molar-refractivity contribution in [3.8, 4) is 5.75 Å². The predicted molar refractivity (Wildman–Crippen MR) is 121 cm³/mol. The summed E-state index contributed by atoms with van der Waals surface area (Å²) in [5.41, 5.74) is 3.12. The first kappa shape index (κ1) is 20.9. The van der Waals surface area contributed by atoms with Crippen LogP contribution in [0.2, 0.25) is 5.02 Å². The van der Waals surface area contributed by atoms with Crippen molar-refractivity contribution in [3.63, 3.8) is 0 Å². The van der Waals surface area contributed by atoms with Gasteiger partial charge in [0.1, 0.15) is 17.3 Å². The van der Waals surface area contributed by atoms with Crippen LogP contribution in [0.15, 0.2) is 72.8 Å². The highest BCUT2D eigenvalue weighted by Gasteiger charge is 2.19. The zero-order valence-corrected chi connectivity index (χ0v) is 17.8. The number of rotatable bonds is 7. The van der Waals surface area contributed by atoms with E-state index < -0.39 is 0 Å². The lowest BCUT2D eigenvalue weighted by Crippen LogP contribution is -2.25. The second-order valence-corrected chi connectivity index (χ2v) is 7.55. The number of benzene rings is 3. The van der Waals surface area contributed by atoms with E-state index in [4.69, 9.17) is 16.3 Å². The first-order valence-electron chi connectivity index (χ1n) is 10.1. The molecule has 1 heterocycles. The van der Waals surface area contributed by atoms with E-state index >= 15 is 0 Å². The van der Waals surface area contributed by atoms with Crippen LogP contribution in [0.5, 0.6) is 5.75 Å². The molecule has 1 N–H and O–H groups in total. The Bertz CT molecular complexity index is 1220. The molecule has 0 fully saturated rings. The van der Waals surface area contributed by atoms with Gasteiger partial charge in [-0.25, -0.2) is 4.39 Å². The SMILES string of the molecule is CCOc1cccc2c1cc(C(=O)NCc1ccc(F)cc1)n2Cc1ccccc1Cl. The lowest BCUT2D eigenvalue weighted by atomic mass is 10.2. The Labute approximate surface area is 185 Å². The van der Waals surface area contributed by atoms with Gasteiger partial charge >= 0.3 is 0 Å². The van der Waals surface area contributed by atoms with E-state index in [0.29, 0.717) is 30.4 Å². The molecule has 1 amide bonds. The molecule has 0 spiro atoms. The fraction of sp³-hybridized carbons (Fsp3) is 0.160. The van der Waals surface area contributed by atoms with Crippen LogP contribution in [-0.4, -0.2) is 17.1 Å². The maximum Gasteiger partial charge on any atom is 0.268 e. The van der Waals surface area contributed by atoms with E-state index in [9.17, 15) is 9.18 Å². The van der Waals surface area contributed by atoms with Gasteiger partial charge in [0, 0.05) is 23.5 Å². The minimum atomic E-state index is -0.307. The minimum Gasteiger partial charge on any atom is -0.493 e. The zero-order chi connectivity index (χ0) is 21.8. The number of fused-ring (bicyclic) bond motifs is 1. The van der Waals surface area contributed by atoms with E-state index in [2.05, 4.69) is 5.32 Å². The normalized spacial score (nSPS) is 10.9. The number of carbonyl (C=O) groups excluding carboxylic acids is 1. The summed E-state index contributed by atoms with van der Waals surface area (Å²) < 4.78 is 20.9. The first-order valence-corrected chi connectivity index (χ1v) is 10.5. The third-order valence-corrected chi connectivity index (χ3v) is 5.46. The Morgan fingerprint density at radius 1 is 1.06 bits per heavy atom. The van der Waals surface area contributed by atoms with Gasteiger partial charge in [-0.1, -0.05) is 48.0 Å². The fourth-order valence-corrected chi connectivity index (χ4v) is 3.76. The minimum absolute atomic E-state index is 0.227. The number of nitrogens with one attached hydrogen (secondary N) is 1.